The van der Waals surface area contributed by atoms with Crippen molar-refractivity contribution in [2.45, 2.75) is 39.3 Å². The normalized spacial score (nSPS) is 13.6. The molecular weight excluding hydrogens is 316 g/mol. The molecule has 0 atom stereocenters. The van der Waals surface area contributed by atoms with Crippen LogP contribution in [0.5, 0.6) is 5.75 Å². The Morgan fingerprint density at radius 3 is 2.88 bits per heavy atom. The highest BCUT2D eigenvalue weighted by Gasteiger charge is 2.23. The first-order valence-corrected chi connectivity index (χ1v) is 8.68. The van der Waals surface area contributed by atoms with Crippen molar-refractivity contribution in [1.29, 1.82) is 0 Å². The van der Waals surface area contributed by atoms with Crippen LogP contribution in [0.2, 0.25) is 0 Å². The fourth-order valence-corrected chi connectivity index (χ4v) is 2.92. The van der Waals surface area contributed by atoms with Gasteiger partial charge in [0.05, 0.1) is 5.69 Å². The first-order valence-electron chi connectivity index (χ1n) is 8.68. The van der Waals surface area contributed by atoms with Gasteiger partial charge in [0.25, 0.3) is 5.56 Å². The molecule has 2 aromatic rings. The predicted molar refractivity (Wildman–Crippen MR) is 99.3 cm³/mol. The Bertz CT molecular complexity index is 813. The highest BCUT2D eigenvalue weighted by molar-refractivity contribution is 5.41. The molecule has 1 aliphatic rings. The molecule has 6 nitrogen and oxygen atoms in total. The Balaban J connectivity index is 1.82. The highest BCUT2D eigenvalue weighted by Crippen LogP contribution is 2.26. The third-order valence-electron chi connectivity index (χ3n) is 5.00. The molecule has 3 rings (SSSR count). The number of ether oxygens (including phenoxy) is 1. The molecule has 0 saturated heterocycles. The van der Waals surface area contributed by atoms with Gasteiger partial charge in [0, 0.05) is 24.1 Å². The summed E-state index contributed by atoms with van der Waals surface area (Å²) in [7, 11) is 2.08. The van der Waals surface area contributed by atoms with Gasteiger partial charge in [0.2, 0.25) is 5.95 Å². The van der Waals surface area contributed by atoms with E-state index in [0.717, 1.165) is 17.9 Å². The Hall–Kier alpha value is -2.34. The second kappa shape index (κ2) is 6.88. The molecule has 1 aliphatic heterocycles. The summed E-state index contributed by atoms with van der Waals surface area (Å²) in [5, 5.41) is 3.27. The van der Waals surface area contributed by atoms with Crippen LogP contribution in [0.4, 0.5) is 5.95 Å². The molecule has 0 bridgehead atoms. The number of likely N-dealkylation sites (N-methyl/N-ethyl adjacent to an activating group) is 1. The quantitative estimate of drug-likeness (QED) is 0.873. The standard InChI is InChI=1S/C19H26N4O2/c1-5-23(4)19(2,3)12-20-18-21-15-11-25-16-9-7-6-8-13(16)10-14(15)17(24)22-18/h6-9H,5,10-12H2,1-4H3,(H2,20,21,22,24). The van der Waals surface area contributed by atoms with E-state index in [2.05, 4.69) is 48.0 Å². The molecule has 2 N–H and O–H groups in total. The van der Waals surface area contributed by atoms with E-state index in [1.165, 1.54) is 0 Å². The largest absolute Gasteiger partial charge is 0.487 e. The van der Waals surface area contributed by atoms with Gasteiger partial charge in [-0.2, -0.15) is 0 Å². The Morgan fingerprint density at radius 1 is 1.36 bits per heavy atom. The van der Waals surface area contributed by atoms with E-state index in [1.807, 2.05) is 24.3 Å². The van der Waals surface area contributed by atoms with E-state index in [1.54, 1.807) is 0 Å². The van der Waals surface area contributed by atoms with Crippen molar-refractivity contribution in [2.75, 3.05) is 25.5 Å². The monoisotopic (exact) mass is 342 g/mol. The molecule has 1 aromatic heterocycles. The minimum atomic E-state index is -0.102. The fraction of sp³-hybridized carbons (Fsp3) is 0.474. The Morgan fingerprint density at radius 2 is 2.12 bits per heavy atom. The summed E-state index contributed by atoms with van der Waals surface area (Å²) < 4.78 is 5.83. The summed E-state index contributed by atoms with van der Waals surface area (Å²) in [5.74, 6) is 1.32. The van der Waals surface area contributed by atoms with E-state index >= 15 is 0 Å². The van der Waals surface area contributed by atoms with E-state index in [-0.39, 0.29) is 11.1 Å². The first kappa shape index (κ1) is 17.5. The lowest BCUT2D eigenvalue weighted by Gasteiger charge is -2.35. The highest BCUT2D eigenvalue weighted by atomic mass is 16.5. The van der Waals surface area contributed by atoms with E-state index < -0.39 is 0 Å². The summed E-state index contributed by atoms with van der Waals surface area (Å²) in [6, 6.07) is 7.81. The topological polar surface area (TPSA) is 70.2 Å². The van der Waals surface area contributed by atoms with Crippen LogP contribution in [0, 0.1) is 0 Å². The molecular formula is C19H26N4O2. The average molecular weight is 342 g/mol. The van der Waals surface area contributed by atoms with Crippen LogP contribution in [0.1, 0.15) is 37.6 Å². The predicted octanol–water partition coefficient (Wildman–Crippen LogP) is 2.40. The van der Waals surface area contributed by atoms with Crippen LogP contribution in [-0.2, 0) is 13.0 Å². The molecule has 6 heteroatoms. The van der Waals surface area contributed by atoms with Crippen molar-refractivity contribution in [2.24, 2.45) is 0 Å². The van der Waals surface area contributed by atoms with Gasteiger partial charge in [-0.15, -0.1) is 0 Å². The van der Waals surface area contributed by atoms with Gasteiger partial charge in [0.1, 0.15) is 12.4 Å². The molecule has 0 fully saturated rings. The second-order valence-corrected chi connectivity index (χ2v) is 7.09. The lowest BCUT2D eigenvalue weighted by molar-refractivity contribution is 0.177. The number of nitrogens with zero attached hydrogens (tertiary/aromatic N) is 2. The maximum atomic E-state index is 12.6. The first-order chi connectivity index (χ1) is 11.9. The zero-order chi connectivity index (χ0) is 18.0. The summed E-state index contributed by atoms with van der Waals surface area (Å²) in [4.78, 5) is 22.3. The van der Waals surface area contributed by atoms with E-state index in [0.29, 0.717) is 36.8 Å². The van der Waals surface area contributed by atoms with Crippen molar-refractivity contribution in [3.8, 4) is 5.75 Å². The number of para-hydroxylation sites is 1. The number of H-pyrrole nitrogens is 1. The molecule has 134 valence electrons. The van der Waals surface area contributed by atoms with Gasteiger partial charge in [-0.3, -0.25) is 14.7 Å². The number of rotatable bonds is 5. The van der Waals surface area contributed by atoms with Crippen LogP contribution in [0.25, 0.3) is 0 Å². The number of nitrogens with one attached hydrogen (secondary N) is 2. The molecule has 2 heterocycles. The lowest BCUT2D eigenvalue weighted by Crippen LogP contribution is -2.46. The second-order valence-electron chi connectivity index (χ2n) is 7.09. The van der Waals surface area contributed by atoms with Gasteiger partial charge in [-0.05, 0) is 39.1 Å². The molecule has 0 unspecified atom stereocenters. The van der Waals surface area contributed by atoms with E-state index in [4.69, 9.17) is 4.74 Å². The molecule has 0 spiro atoms. The van der Waals surface area contributed by atoms with Crippen LogP contribution in [0.3, 0.4) is 0 Å². The summed E-state index contributed by atoms with van der Waals surface area (Å²) in [6.45, 7) is 8.38. The van der Waals surface area contributed by atoms with Crippen molar-refractivity contribution in [3.63, 3.8) is 0 Å². The maximum absolute atomic E-state index is 12.6. The molecule has 0 aliphatic carbocycles. The van der Waals surface area contributed by atoms with Gasteiger partial charge < -0.3 is 10.1 Å². The van der Waals surface area contributed by atoms with Crippen LogP contribution >= 0.6 is 0 Å². The number of aromatic nitrogens is 2. The summed E-state index contributed by atoms with van der Waals surface area (Å²) in [6.07, 6.45) is 0.540. The van der Waals surface area contributed by atoms with Gasteiger partial charge in [0.15, 0.2) is 0 Å². The van der Waals surface area contributed by atoms with Gasteiger partial charge >= 0.3 is 0 Å². The van der Waals surface area contributed by atoms with E-state index in [9.17, 15) is 4.79 Å². The van der Waals surface area contributed by atoms with Crippen LogP contribution in [0.15, 0.2) is 29.1 Å². The maximum Gasteiger partial charge on any atom is 0.256 e. The molecule has 1 aromatic carbocycles. The zero-order valence-corrected chi connectivity index (χ0v) is 15.3. The van der Waals surface area contributed by atoms with Gasteiger partial charge in [-0.1, -0.05) is 25.1 Å². The minimum Gasteiger partial charge on any atom is -0.487 e. The number of aromatic amines is 1. The number of benzene rings is 1. The minimum absolute atomic E-state index is 0.0488. The SMILES string of the molecule is CCN(C)C(C)(C)CNc1nc2c(c(=O)[nH]1)Cc1ccccc1OC2. The third-order valence-corrected chi connectivity index (χ3v) is 5.00. The van der Waals surface area contributed by atoms with Crippen LogP contribution < -0.4 is 15.6 Å². The van der Waals surface area contributed by atoms with Crippen molar-refractivity contribution in [1.82, 2.24) is 14.9 Å². The Labute approximate surface area is 148 Å². The molecule has 25 heavy (non-hydrogen) atoms. The number of fused-ring (bicyclic) bond motifs is 2. The average Bonchev–Trinajstić information content (AvgIpc) is 2.79. The molecule has 0 saturated carbocycles. The van der Waals surface area contributed by atoms with Crippen molar-refractivity contribution < 1.29 is 4.74 Å². The zero-order valence-electron chi connectivity index (χ0n) is 15.3. The Kier molecular flexibility index (Phi) is 4.81. The fourth-order valence-electron chi connectivity index (χ4n) is 2.92. The number of hydrogen-bond donors (Lipinski definition) is 2. The third kappa shape index (κ3) is 3.69. The summed E-state index contributed by atoms with van der Waals surface area (Å²) >= 11 is 0. The molecule has 0 amide bonds. The molecule has 0 radical (unpaired) electrons. The number of hydrogen-bond acceptors (Lipinski definition) is 5. The number of anilines is 1. The lowest BCUT2D eigenvalue weighted by atomic mass is 10.0. The van der Waals surface area contributed by atoms with Crippen LogP contribution in [-0.4, -0.2) is 40.5 Å². The summed E-state index contributed by atoms with van der Waals surface area (Å²) in [5.41, 5.74) is 2.24. The van der Waals surface area contributed by atoms with Crippen molar-refractivity contribution >= 4 is 5.95 Å². The van der Waals surface area contributed by atoms with Crippen molar-refractivity contribution in [3.05, 3.63) is 51.4 Å². The smallest absolute Gasteiger partial charge is 0.256 e. The van der Waals surface area contributed by atoms with Gasteiger partial charge in [-0.25, -0.2) is 4.98 Å².